The Morgan fingerprint density at radius 3 is 2.53 bits per heavy atom. The van der Waals surface area contributed by atoms with Gasteiger partial charge in [0.25, 0.3) is 0 Å². The van der Waals surface area contributed by atoms with Gasteiger partial charge in [0.15, 0.2) is 0 Å². The summed E-state index contributed by atoms with van der Waals surface area (Å²) < 4.78 is 0. The molecule has 0 radical (unpaired) electrons. The van der Waals surface area contributed by atoms with Gasteiger partial charge in [-0.15, -0.1) is 0 Å². The third-order valence-electron chi connectivity index (χ3n) is 4.54. The van der Waals surface area contributed by atoms with Crippen molar-refractivity contribution in [1.29, 1.82) is 0 Å². The van der Waals surface area contributed by atoms with Crippen LogP contribution in [0.5, 0.6) is 0 Å². The first kappa shape index (κ1) is 12.6. The van der Waals surface area contributed by atoms with E-state index in [0.29, 0.717) is 6.42 Å². The number of hydrogen-bond donors (Lipinski definition) is 1. The minimum atomic E-state index is -0.0694. The summed E-state index contributed by atoms with van der Waals surface area (Å²) >= 11 is 0. The Labute approximate surface area is 103 Å². The van der Waals surface area contributed by atoms with Crippen molar-refractivity contribution >= 4 is 11.8 Å². The Balaban J connectivity index is 2.27. The molecular weight excluding hydrogens is 214 g/mol. The lowest BCUT2D eigenvalue weighted by Crippen LogP contribution is -2.51. The largest absolute Gasteiger partial charge is 0.296 e. The first-order chi connectivity index (χ1) is 7.88. The second-order valence-corrected chi connectivity index (χ2v) is 6.63. The Kier molecular flexibility index (Phi) is 3.04. The molecule has 2 aliphatic rings. The molecule has 1 heterocycles. The van der Waals surface area contributed by atoms with Crippen molar-refractivity contribution in [2.75, 3.05) is 0 Å². The van der Waals surface area contributed by atoms with E-state index in [4.69, 9.17) is 0 Å². The summed E-state index contributed by atoms with van der Waals surface area (Å²) in [5.41, 5.74) is 0.239. The quantitative estimate of drug-likeness (QED) is 0.750. The van der Waals surface area contributed by atoms with Crippen molar-refractivity contribution in [3.8, 4) is 0 Å². The monoisotopic (exact) mass is 237 g/mol. The predicted molar refractivity (Wildman–Crippen MR) is 66.2 cm³/mol. The number of amides is 2. The standard InChI is InChI=1S/C14H23NO2/c1-4-5-10-12(17)15-11(16)8-14(10)7-6-13(2,3)9-14/h10H,4-9H2,1-3H3,(H,15,16,17). The Hall–Kier alpha value is -0.860. The van der Waals surface area contributed by atoms with Crippen LogP contribution in [-0.4, -0.2) is 11.8 Å². The molecule has 1 saturated heterocycles. The van der Waals surface area contributed by atoms with E-state index >= 15 is 0 Å². The number of carbonyl (C=O) groups excluding carboxylic acids is 2. The maximum absolute atomic E-state index is 12.0. The van der Waals surface area contributed by atoms with Crippen LogP contribution in [0.1, 0.15) is 59.3 Å². The van der Waals surface area contributed by atoms with Crippen LogP contribution in [0, 0.1) is 16.7 Å². The minimum Gasteiger partial charge on any atom is -0.296 e. The third kappa shape index (κ3) is 2.24. The zero-order chi connectivity index (χ0) is 12.7. The average molecular weight is 237 g/mol. The van der Waals surface area contributed by atoms with Crippen LogP contribution in [0.4, 0.5) is 0 Å². The first-order valence-electron chi connectivity index (χ1n) is 6.72. The lowest BCUT2D eigenvalue weighted by molar-refractivity contribution is -0.144. The first-order valence-corrected chi connectivity index (χ1v) is 6.72. The van der Waals surface area contributed by atoms with Gasteiger partial charge < -0.3 is 0 Å². The number of piperidine rings is 1. The van der Waals surface area contributed by atoms with Gasteiger partial charge in [0, 0.05) is 12.3 Å². The van der Waals surface area contributed by atoms with E-state index in [1.165, 1.54) is 0 Å². The fourth-order valence-electron chi connectivity index (χ4n) is 3.88. The summed E-state index contributed by atoms with van der Waals surface area (Å²) in [6.45, 7) is 6.61. The SMILES string of the molecule is CCCC1C(=O)NC(=O)CC12CCC(C)(C)C2. The molecule has 0 aromatic heterocycles. The molecule has 2 atom stereocenters. The zero-order valence-electron chi connectivity index (χ0n) is 11.1. The topological polar surface area (TPSA) is 46.2 Å². The number of rotatable bonds is 2. The highest BCUT2D eigenvalue weighted by Crippen LogP contribution is 2.57. The molecular formula is C14H23NO2. The zero-order valence-corrected chi connectivity index (χ0v) is 11.1. The summed E-state index contributed by atoms with van der Waals surface area (Å²) in [4.78, 5) is 23.7. The molecule has 0 bridgehead atoms. The van der Waals surface area contributed by atoms with Crippen LogP contribution in [-0.2, 0) is 9.59 Å². The molecule has 1 saturated carbocycles. The van der Waals surface area contributed by atoms with E-state index in [-0.39, 0.29) is 28.6 Å². The van der Waals surface area contributed by atoms with Crippen molar-refractivity contribution in [2.24, 2.45) is 16.7 Å². The average Bonchev–Trinajstić information content (AvgIpc) is 2.49. The van der Waals surface area contributed by atoms with Crippen molar-refractivity contribution in [1.82, 2.24) is 5.32 Å². The second kappa shape index (κ2) is 4.11. The minimum absolute atomic E-state index is 0.0270. The lowest BCUT2D eigenvalue weighted by atomic mass is 9.66. The van der Waals surface area contributed by atoms with E-state index < -0.39 is 0 Å². The van der Waals surface area contributed by atoms with Crippen LogP contribution >= 0.6 is 0 Å². The molecule has 96 valence electrons. The molecule has 1 N–H and O–H groups in total. The Morgan fingerprint density at radius 1 is 1.29 bits per heavy atom. The van der Waals surface area contributed by atoms with Gasteiger partial charge in [-0.1, -0.05) is 27.2 Å². The van der Waals surface area contributed by atoms with Crippen LogP contribution < -0.4 is 5.32 Å². The molecule has 17 heavy (non-hydrogen) atoms. The predicted octanol–water partition coefficient (Wildman–Crippen LogP) is 2.65. The van der Waals surface area contributed by atoms with Gasteiger partial charge in [-0.25, -0.2) is 0 Å². The summed E-state index contributed by atoms with van der Waals surface area (Å²) in [5.74, 6) is -0.0483. The van der Waals surface area contributed by atoms with E-state index in [2.05, 4.69) is 26.1 Å². The molecule has 2 fully saturated rings. The highest BCUT2D eigenvalue weighted by atomic mass is 16.2. The van der Waals surface area contributed by atoms with Crippen molar-refractivity contribution in [3.63, 3.8) is 0 Å². The fourth-order valence-corrected chi connectivity index (χ4v) is 3.88. The molecule has 2 amide bonds. The number of carbonyl (C=O) groups is 2. The molecule has 1 aliphatic carbocycles. The molecule has 1 aliphatic heterocycles. The van der Waals surface area contributed by atoms with Crippen LogP contribution in [0.3, 0.4) is 0 Å². The highest BCUT2D eigenvalue weighted by Gasteiger charge is 2.53. The van der Waals surface area contributed by atoms with Crippen molar-refractivity contribution in [2.45, 2.75) is 59.3 Å². The second-order valence-electron chi connectivity index (χ2n) is 6.63. The number of nitrogens with one attached hydrogen (secondary N) is 1. The van der Waals surface area contributed by atoms with Gasteiger partial charge in [0.2, 0.25) is 11.8 Å². The van der Waals surface area contributed by atoms with Gasteiger partial charge >= 0.3 is 0 Å². The molecule has 3 heteroatoms. The molecule has 0 aromatic rings. The maximum Gasteiger partial charge on any atom is 0.230 e. The smallest absolute Gasteiger partial charge is 0.230 e. The van der Waals surface area contributed by atoms with Gasteiger partial charge in [-0.3, -0.25) is 14.9 Å². The summed E-state index contributed by atoms with van der Waals surface area (Å²) in [6, 6.07) is 0. The molecule has 2 rings (SSSR count). The van der Waals surface area contributed by atoms with Crippen molar-refractivity contribution < 1.29 is 9.59 Å². The van der Waals surface area contributed by atoms with Gasteiger partial charge in [-0.2, -0.15) is 0 Å². The lowest BCUT2D eigenvalue weighted by Gasteiger charge is -2.40. The third-order valence-corrected chi connectivity index (χ3v) is 4.54. The van der Waals surface area contributed by atoms with Gasteiger partial charge in [-0.05, 0) is 36.5 Å². The Morgan fingerprint density at radius 2 is 2.00 bits per heavy atom. The van der Waals surface area contributed by atoms with E-state index in [0.717, 1.165) is 32.1 Å². The maximum atomic E-state index is 12.0. The fraction of sp³-hybridized carbons (Fsp3) is 0.857. The molecule has 0 aromatic carbocycles. The number of hydrogen-bond acceptors (Lipinski definition) is 2. The van der Waals surface area contributed by atoms with Gasteiger partial charge in [0.1, 0.15) is 0 Å². The van der Waals surface area contributed by atoms with Crippen molar-refractivity contribution in [3.05, 3.63) is 0 Å². The van der Waals surface area contributed by atoms with E-state index in [9.17, 15) is 9.59 Å². The van der Waals surface area contributed by atoms with Crippen LogP contribution in [0.2, 0.25) is 0 Å². The van der Waals surface area contributed by atoms with Crippen LogP contribution in [0.15, 0.2) is 0 Å². The number of imide groups is 1. The summed E-state index contributed by atoms with van der Waals surface area (Å²) in [5, 5.41) is 2.51. The van der Waals surface area contributed by atoms with E-state index in [1.54, 1.807) is 0 Å². The summed E-state index contributed by atoms with van der Waals surface area (Å²) in [6.07, 6.45) is 5.65. The molecule has 2 unspecified atom stereocenters. The normalized spacial score (nSPS) is 36.3. The molecule has 3 nitrogen and oxygen atoms in total. The molecule has 1 spiro atoms. The van der Waals surface area contributed by atoms with E-state index in [1.807, 2.05) is 0 Å². The Bertz CT molecular complexity index is 348. The van der Waals surface area contributed by atoms with Gasteiger partial charge in [0.05, 0.1) is 0 Å². The van der Waals surface area contributed by atoms with Crippen LogP contribution in [0.25, 0.3) is 0 Å². The summed E-state index contributed by atoms with van der Waals surface area (Å²) in [7, 11) is 0. The highest BCUT2D eigenvalue weighted by molar-refractivity contribution is 5.99.